The van der Waals surface area contributed by atoms with Crippen LogP contribution in [0, 0.1) is 5.82 Å². The third-order valence-corrected chi connectivity index (χ3v) is 3.17. The summed E-state index contributed by atoms with van der Waals surface area (Å²) in [4.78, 5) is 23.3. The molecule has 1 aromatic heterocycles. The summed E-state index contributed by atoms with van der Waals surface area (Å²) >= 11 is 5.62. The van der Waals surface area contributed by atoms with Crippen LogP contribution in [0.3, 0.4) is 0 Å². The van der Waals surface area contributed by atoms with Gasteiger partial charge in [0, 0.05) is 24.6 Å². The van der Waals surface area contributed by atoms with Gasteiger partial charge in [-0.25, -0.2) is 9.18 Å². The van der Waals surface area contributed by atoms with E-state index in [2.05, 4.69) is 10.5 Å². The van der Waals surface area contributed by atoms with Crippen molar-refractivity contribution in [3.8, 4) is 0 Å². The second-order valence-electron chi connectivity index (χ2n) is 4.53. The monoisotopic (exact) mass is 340 g/mol. The zero-order chi connectivity index (χ0) is 16.8. The highest BCUT2D eigenvalue weighted by molar-refractivity contribution is 6.31. The summed E-state index contributed by atoms with van der Waals surface area (Å²) in [5.74, 6) is -1.11. The molecule has 6 nitrogen and oxygen atoms in total. The highest BCUT2D eigenvalue weighted by Gasteiger charge is 2.14. The Bertz CT molecular complexity index is 717. The standard InChI is InChI=1S/C15H14ClFN2O4/c1-2-22-15(21)13-8-10(23-19-13)5-6-18-14(20)9-3-4-12(17)11(16)7-9/h3-4,7-8H,2,5-6H2,1H3,(H,18,20). The lowest BCUT2D eigenvalue weighted by Gasteiger charge is -2.04. The topological polar surface area (TPSA) is 81.4 Å². The predicted molar refractivity (Wildman–Crippen MR) is 79.9 cm³/mol. The second-order valence-corrected chi connectivity index (χ2v) is 4.94. The highest BCUT2D eigenvalue weighted by Crippen LogP contribution is 2.15. The Morgan fingerprint density at radius 3 is 2.87 bits per heavy atom. The van der Waals surface area contributed by atoms with Crippen LogP contribution in [0.4, 0.5) is 4.39 Å². The number of carbonyl (C=O) groups excluding carboxylic acids is 2. The number of carbonyl (C=O) groups is 2. The molecule has 0 atom stereocenters. The number of benzene rings is 1. The van der Waals surface area contributed by atoms with Crippen molar-refractivity contribution >= 4 is 23.5 Å². The van der Waals surface area contributed by atoms with E-state index in [0.29, 0.717) is 12.2 Å². The van der Waals surface area contributed by atoms with Gasteiger partial charge in [0.15, 0.2) is 5.69 Å². The van der Waals surface area contributed by atoms with Crippen molar-refractivity contribution in [2.75, 3.05) is 13.2 Å². The van der Waals surface area contributed by atoms with E-state index in [1.165, 1.54) is 18.2 Å². The maximum absolute atomic E-state index is 13.0. The third kappa shape index (κ3) is 4.53. The summed E-state index contributed by atoms with van der Waals surface area (Å²) in [5.41, 5.74) is 0.333. The zero-order valence-electron chi connectivity index (χ0n) is 12.3. The Morgan fingerprint density at radius 2 is 2.17 bits per heavy atom. The lowest BCUT2D eigenvalue weighted by atomic mass is 10.2. The maximum atomic E-state index is 13.0. The molecule has 0 aliphatic heterocycles. The minimum atomic E-state index is -0.587. The molecule has 0 spiro atoms. The van der Waals surface area contributed by atoms with Gasteiger partial charge in [0.1, 0.15) is 11.6 Å². The first kappa shape index (κ1) is 17.0. The van der Waals surface area contributed by atoms with Crippen LogP contribution in [0.1, 0.15) is 33.5 Å². The van der Waals surface area contributed by atoms with Crippen LogP contribution in [0.15, 0.2) is 28.8 Å². The number of amides is 1. The van der Waals surface area contributed by atoms with Crippen LogP contribution in [0.5, 0.6) is 0 Å². The molecule has 122 valence electrons. The molecule has 0 fully saturated rings. The van der Waals surface area contributed by atoms with Crippen molar-refractivity contribution in [2.45, 2.75) is 13.3 Å². The van der Waals surface area contributed by atoms with Gasteiger partial charge >= 0.3 is 5.97 Å². The summed E-state index contributed by atoms with van der Waals surface area (Å²) in [7, 11) is 0. The van der Waals surface area contributed by atoms with Crippen molar-refractivity contribution in [1.29, 1.82) is 0 Å². The van der Waals surface area contributed by atoms with Gasteiger partial charge in [-0.3, -0.25) is 4.79 Å². The minimum Gasteiger partial charge on any atom is -0.461 e. The molecule has 0 radical (unpaired) electrons. The summed E-state index contributed by atoms with van der Waals surface area (Å²) in [5, 5.41) is 6.11. The highest BCUT2D eigenvalue weighted by atomic mass is 35.5. The summed E-state index contributed by atoms with van der Waals surface area (Å²) < 4.78 is 22.8. The summed E-state index contributed by atoms with van der Waals surface area (Å²) in [6, 6.07) is 5.17. The Hall–Kier alpha value is -2.41. The number of ether oxygens (including phenoxy) is 1. The Balaban J connectivity index is 1.86. The first-order valence-corrected chi connectivity index (χ1v) is 7.25. The van der Waals surface area contributed by atoms with Gasteiger partial charge < -0.3 is 14.6 Å². The Morgan fingerprint density at radius 1 is 1.39 bits per heavy atom. The van der Waals surface area contributed by atoms with Gasteiger partial charge in [-0.1, -0.05) is 16.8 Å². The normalized spacial score (nSPS) is 10.4. The quantitative estimate of drug-likeness (QED) is 0.817. The fourth-order valence-electron chi connectivity index (χ4n) is 1.77. The largest absolute Gasteiger partial charge is 0.461 e. The fourth-order valence-corrected chi connectivity index (χ4v) is 1.95. The Labute approximate surface area is 136 Å². The molecule has 1 N–H and O–H groups in total. The van der Waals surface area contributed by atoms with Crippen molar-refractivity contribution in [1.82, 2.24) is 10.5 Å². The SMILES string of the molecule is CCOC(=O)c1cc(CCNC(=O)c2ccc(F)c(Cl)c2)on1. The van der Waals surface area contributed by atoms with Crippen molar-refractivity contribution in [3.05, 3.63) is 52.1 Å². The number of rotatable bonds is 6. The number of nitrogens with one attached hydrogen (secondary N) is 1. The van der Waals surface area contributed by atoms with Gasteiger partial charge in [-0.15, -0.1) is 0 Å². The average Bonchev–Trinajstić information content (AvgIpc) is 2.99. The van der Waals surface area contributed by atoms with Crippen LogP contribution >= 0.6 is 11.6 Å². The van der Waals surface area contributed by atoms with Gasteiger partial charge in [0.25, 0.3) is 5.91 Å². The molecule has 1 aromatic carbocycles. The molecule has 23 heavy (non-hydrogen) atoms. The molecular weight excluding hydrogens is 327 g/mol. The molecule has 0 saturated carbocycles. The van der Waals surface area contributed by atoms with E-state index in [-0.39, 0.29) is 29.4 Å². The van der Waals surface area contributed by atoms with E-state index in [9.17, 15) is 14.0 Å². The fraction of sp³-hybridized carbons (Fsp3) is 0.267. The number of halogens is 2. The molecule has 1 heterocycles. The number of hydrogen-bond acceptors (Lipinski definition) is 5. The van der Waals surface area contributed by atoms with E-state index in [4.69, 9.17) is 20.9 Å². The van der Waals surface area contributed by atoms with E-state index in [1.807, 2.05) is 0 Å². The van der Waals surface area contributed by atoms with E-state index < -0.39 is 17.7 Å². The molecule has 1 amide bonds. The smallest absolute Gasteiger partial charge is 0.360 e. The van der Waals surface area contributed by atoms with Crippen LogP contribution < -0.4 is 5.32 Å². The zero-order valence-corrected chi connectivity index (χ0v) is 13.0. The van der Waals surface area contributed by atoms with E-state index in [1.54, 1.807) is 6.92 Å². The van der Waals surface area contributed by atoms with Gasteiger partial charge in [-0.2, -0.15) is 0 Å². The predicted octanol–water partition coefficient (Wildman–Crippen LogP) is 2.62. The van der Waals surface area contributed by atoms with Crippen LogP contribution in [0.25, 0.3) is 0 Å². The van der Waals surface area contributed by atoms with Crippen LogP contribution in [-0.2, 0) is 11.2 Å². The number of hydrogen-bond donors (Lipinski definition) is 1. The molecule has 0 saturated heterocycles. The number of esters is 1. The van der Waals surface area contributed by atoms with Crippen molar-refractivity contribution < 1.29 is 23.2 Å². The van der Waals surface area contributed by atoms with Crippen LogP contribution in [-0.4, -0.2) is 30.2 Å². The third-order valence-electron chi connectivity index (χ3n) is 2.88. The molecule has 2 rings (SSSR count). The first-order valence-electron chi connectivity index (χ1n) is 6.87. The van der Waals surface area contributed by atoms with Gasteiger partial charge in [-0.05, 0) is 25.1 Å². The molecule has 0 aliphatic rings. The first-order chi connectivity index (χ1) is 11.0. The number of aromatic nitrogens is 1. The summed E-state index contributed by atoms with van der Waals surface area (Å²) in [6.45, 7) is 2.19. The van der Waals surface area contributed by atoms with Gasteiger partial charge in [0.2, 0.25) is 0 Å². The molecule has 2 aromatic rings. The van der Waals surface area contributed by atoms with Crippen LogP contribution in [0.2, 0.25) is 5.02 Å². The van der Waals surface area contributed by atoms with E-state index in [0.717, 1.165) is 6.07 Å². The molecule has 0 aliphatic carbocycles. The van der Waals surface area contributed by atoms with E-state index >= 15 is 0 Å². The van der Waals surface area contributed by atoms with Gasteiger partial charge in [0.05, 0.1) is 11.6 Å². The minimum absolute atomic E-state index is 0.0819. The number of nitrogens with zero attached hydrogens (tertiary/aromatic N) is 1. The molecule has 0 unspecified atom stereocenters. The Kier molecular flexibility index (Phi) is 5.70. The van der Waals surface area contributed by atoms with Crippen molar-refractivity contribution in [3.63, 3.8) is 0 Å². The lowest BCUT2D eigenvalue weighted by Crippen LogP contribution is -2.25. The molecular formula is C15H14ClFN2O4. The maximum Gasteiger partial charge on any atom is 0.360 e. The average molecular weight is 341 g/mol. The summed E-state index contributed by atoms with van der Waals surface area (Å²) in [6.07, 6.45) is 0.340. The molecule has 8 heteroatoms. The lowest BCUT2D eigenvalue weighted by molar-refractivity contribution is 0.0514. The van der Waals surface area contributed by atoms with Crippen molar-refractivity contribution in [2.24, 2.45) is 0 Å². The second kappa shape index (κ2) is 7.73. The molecule has 0 bridgehead atoms.